The largest absolute Gasteiger partial charge is 0.493 e. The van der Waals surface area contributed by atoms with E-state index in [0.29, 0.717) is 0 Å². The van der Waals surface area contributed by atoms with Gasteiger partial charge in [-0.3, -0.25) is 0 Å². The average molecular weight is 233 g/mol. The van der Waals surface area contributed by atoms with E-state index in [2.05, 4.69) is 25.2 Å². The van der Waals surface area contributed by atoms with E-state index in [-0.39, 0.29) is 0 Å². The molecule has 0 aliphatic heterocycles. The Balaban J connectivity index is 2.35. The second kappa shape index (κ2) is 5.23. The highest BCUT2D eigenvalue weighted by Crippen LogP contribution is 2.31. The fourth-order valence-electron chi connectivity index (χ4n) is 1.98. The number of furan rings is 1. The normalized spacial score (nSPS) is 11.0. The quantitative estimate of drug-likeness (QED) is 0.805. The van der Waals surface area contributed by atoms with Gasteiger partial charge in [0.25, 0.3) is 0 Å². The van der Waals surface area contributed by atoms with Crippen LogP contribution in [0.5, 0.6) is 5.75 Å². The Morgan fingerprint density at radius 1 is 1.35 bits per heavy atom. The summed E-state index contributed by atoms with van der Waals surface area (Å²) in [6.07, 6.45) is 2.95. The number of rotatable bonds is 5. The summed E-state index contributed by atoms with van der Waals surface area (Å²) in [5.41, 5.74) is 3.22. The molecule has 0 saturated carbocycles. The fourth-order valence-corrected chi connectivity index (χ4v) is 1.98. The summed E-state index contributed by atoms with van der Waals surface area (Å²) in [6, 6.07) is 4.14. The first-order valence-electron chi connectivity index (χ1n) is 6.01. The van der Waals surface area contributed by atoms with E-state index in [1.807, 2.05) is 12.3 Å². The van der Waals surface area contributed by atoms with E-state index in [1.165, 1.54) is 11.1 Å². The van der Waals surface area contributed by atoms with Gasteiger partial charge in [0.05, 0.1) is 13.4 Å². The van der Waals surface area contributed by atoms with Crippen LogP contribution in [-0.4, -0.2) is 13.7 Å². The van der Waals surface area contributed by atoms with Gasteiger partial charge in [-0.15, -0.1) is 0 Å². The van der Waals surface area contributed by atoms with Gasteiger partial charge in [-0.05, 0) is 37.6 Å². The topological polar surface area (TPSA) is 34.4 Å². The lowest BCUT2D eigenvalue weighted by Crippen LogP contribution is -2.13. The Kier molecular flexibility index (Phi) is 3.69. The zero-order valence-corrected chi connectivity index (χ0v) is 10.7. The molecule has 2 aromatic rings. The highest BCUT2D eigenvalue weighted by molar-refractivity contribution is 5.87. The van der Waals surface area contributed by atoms with Crippen molar-refractivity contribution in [1.29, 1.82) is 0 Å². The summed E-state index contributed by atoms with van der Waals surface area (Å²) in [4.78, 5) is 0. The third-order valence-electron chi connectivity index (χ3n) is 2.83. The third-order valence-corrected chi connectivity index (χ3v) is 2.83. The number of hydrogen-bond acceptors (Lipinski definition) is 3. The van der Waals surface area contributed by atoms with Crippen molar-refractivity contribution in [3.63, 3.8) is 0 Å². The van der Waals surface area contributed by atoms with Crippen LogP contribution in [-0.2, 0) is 6.54 Å². The molecule has 3 nitrogen and oxygen atoms in total. The SMILES string of the molecule is CCCNCc1coc2c(OC)cc(C)cc12. The van der Waals surface area contributed by atoms with Crippen LogP contribution in [0.15, 0.2) is 22.8 Å². The molecule has 1 aromatic carbocycles. The van der Waals surface area contributed by atoms with Crippen molar-refractivity contribution in [2.24, 2.45) is 0 Å². The first kappa shape index (κ1) is 12.0. The molecule has 0 fully saturated rings. The molecular weight excluding hydrogens is 214 g/mol. The molecule has 0 aliphatic rings. The van der Waals surface area contributed by atoms with Crippen molar-refractivity contribution in [2.75, 3.05) is 13.7 Å². The van der Waals surface area contributed by atoms with Crippen LogP contribution in [0.3, 0.4) is 0 Å². The standard InChI is InChI=1S/C14H19NO2/c1-4-5-15-8-11-9-17-14-12(11)6-10(2)7-13(14)16-3/h6-7,9,15H,4-5,8H2,1-3H3. The Hall–Kier alpha value is -1.48. The Labute approximate surface area is 102 Å². The maximum atomic E-state index is 5.59. The molecule has 0 aliphatic carbocycles. The van der Waals surface area contributed by atoms with Crippen molar-refractivity contribution in [1.82, 2.24) is 5.32 Å². The first-order valence-corrected chi connectivity index (χ1v) is 6.01. The van der Waals surface area contributed by atoms with Crippen LogP contribution in [0.1, 0.15) is 24.5 Å². The Morgan fingerprint density at radius 3 is 2.88 bits per heavy atom. The first-order chi connectivity index (χ1) is 8.26. The third kappa shape index (κ3) is 2.44. The number of ether oxygens (including phenoxy) is 1. The minimum absolute atomic E-state index is 0.807. The number of nitrogens with one attached hydrogen (secondary N) is 1. The lowest BCUT2D eigenvalue weighted by Gasteiger charge is -2.04. The van der Waals surface area contributed by atoms with Crippen molar-refractivity contribution < 1.29 is 9.15 Å². The smallest absolute Gasteiger partial charge is 0.176 e. The van der Waals surface area contributed by atoms with Crippen LogP contribution in [0, 0.1) is 6.92 Å². The van der Waals surface area contributed by atoms with Gasteiger partial charge in [0, 0.05) is 17.5 Å². The molecule has 92 valence electrons. The molecule has 0 bridgehead atoms. The van der Waals surface area contributed by atoms with Crippen LogP contribution in [0.2, 0.25) is 0 Å². The molecule has 0 unspecified atom stereocenters. The lowest BCUT2D eigenvalue weighted by molar-refractivity contribution is 0.410. The van der Waals surface area contributed by atoms with Gasteiger partial charge in [-0.25, -0.2) is 0 Å². The Bertz CT molecular complexity index is 502. The molecule has 0 atom stereocenters. The van der Waals surface area contributed by atoms with Gasteiger partial charge in [0.2, 0.25) is 0 Å². The summed E-state index contributed by atoms with van der Waals surface area (Å²) in [5.74, 6) is 0.807. The molecular formula is C14H19NO2. The van der Waals surface area contributed by atoms with Crippen LogP contribution in [0.4, 0.5) is 0 Å². The Morgan fingerprint density at radius 2 is 2.18 bits per heavy atom. The second-order valence-electron chi connectivity index (χ2n) is 4.28. The lowest BCUT2D eigenvalue weighted by atomic mass is 10.1. The fraction of sp³-hybridized carbons (Fsp3) is 0.429. The maximum absolute atomic E-state index is 5.59. The average Bonchev–Trinajstić information content (AvgIpc) is 2.72. The zero-order valence-electron chi connectivity index (χ0n) is 10.7. The van der Waals surface area contributed by atoms with E-state index in [1.54, 1.807) is 7.11 Å². The van der Waals surface area contributed by atoms with Crippen molar-refractivity contribution >= 4 is 11.0 Å². The monoisotopic (exact) mass is 233 g/mol. The number of methoxy groups -OCH3 is 1. The highest BCUT2D eigenvalue weighted by Gasteiger charge is 2.10. The van der Waals surface area contributed by atoms with Gasteiger partial charge in [0.1, 0.15) is 0 Å². The number of aryl methyl sites for hydroxylation is 1. The molecule has 0 spiro atoms. The predicted octanol–water partition coefficient (Wildman–Crippen LogP) is 3.25. The number of hydrogen-bond donors (Lipinski definition) is 1. The molecule has 17 heavy (non-hydrogen) atoms. The van der Waals surface area contributed by atoms with E-state index in [4.69, 9.17) is 9.15 Å². The van der Waals surface area contributed by atoms with E-state index >= 15 is 0 Å². The van der Waals surface area contributed by atoms with Crippen molar-refractivity contribution in [3.05, 3.63) is 29.5 Å². The molecule has 3 heteroatoms. The maximum Gasteiger partial charge on any atom is 0.176 e. The molecule has 2 rings (SSSR count). The highest BCUT2D eigenvalue weighted by atomic mass is 16.5. The molecule has 1 heterocycles. The van der Waals surface area contributed by atoms with E-state index in [0.717, 1.165) is 36.2 Å². The van der Waals surface area contributed by atoms with Crippen LogP contribution < -0.4 is 10.1 Å². The van der Waals surface area contributed by atoms with Crippen LogP contribution >= 0.6 is 0 Å². The zero-order chi connectivity index (χ0) is 12.3. The van der Waals surface area contributed by atoms with Gasteiger partial charge < -0.3 is 14.5 Å². The summed E-state index contributed by atoms with van der Waals surface area (Å²) in [5, 5.41) is 4.53. The molecule has 0 radical (unpaired) electrons. The van der Waals surface area contributed by atoms with Gasteiger partial charge in [-0.2, -0.15) is 0 Å². The van der Waals surface area contributed by atoms with Crippen molar-refractivity contribution in [2.45, 2.75) is 26.8 Å². The van der Waals surface area contributed by atoms with Gasteiger partial charge in [0.15, 0.2) is 11.3 Å². The van der Waals surface area contributed by atoms with Gasteiger partial charge >= 0.3 is 0 Å². The predicted molar refractivity (Wildman–Crippen MR) is 69.5 cm³/mol. The van der Waals surface area contributed by atoms with Crippen molar-refractivity contribution in [3.8, 4) is 5.75 Å². The second-order valence-corrected chi connectivity index (χ2v) is 4.28. The molecule has 1 aromatic heterocycles. The van der Waals surface area contributed by atoms with Crippen LogP contribution in [0.25, 0.3) is 11.0 Å². The van der Waals surface area contributed by atoms with E-state index in [9.17, 15) is 0 Å². The summed E-state index contributed by atoms with van der Waals surface area (Å²) in [7, 11) is 1.67. The summed E-state index contributed by atoms with van der Waals surface area (Å²) in [6.45, 7) is 6.09. The van der Waals surface area contributed by atoms with E-state index < -0.39 is 0 Å². The minimum atomic E-state index is 0.807. The minimum Gasteiger partial charge on any atom is -0.493 e. The van der Waals surface area contributed by atoms with Gasteiger partial charge in [-0.1, -0.05) is 6.92 Å². The number of benzene rings is 1. The summed E-state index contributed by atoms with van der Waals surface area (Å²) < 4.78 is 10.9. The molecule has 0 amide bonds. The molecule has 1 N–H and O–H groups in total. The summed E-state index contributed by atoms with van der Waals surface area (Å²) >= 11 is 0. The number of fused-ring (bicyclic) bond motifs is 1. The molecule has 0 saturated heterocycles.